The normalized spacial score (nSPS) is 17.5. The van der Waals surface area contributed by atoms with Crippen LogP contribution in [0.3, 0.4) is 0 Å². The van der Waals surface area contributed by atoms with Crippen LogP contribution in [-0.4, -0.2) is 21.5 Å². The van der Waals surface area contributed by atoms with E-state index in [1.807, 2.05) is 25.4 Å². The van der Waals surface area contributed by atoms with E-state index in [2.05, 4.69) is 28.3 Å². The molecule has 0 radical (unpaired) electrons. The summed E-state index contributed by atoms with van der Waals surface area (Å²) >= 11 is 0. The molecule has 0 saturated carbocycles. The van der Waals surface area contributed by atoms with Crippen molar-refractivity contribution < 1.29 is 0 Å². The fourth-order valence-electron chi connectivity index (χ4n) is 2.80. The van der Waals surface area contributed by atoms with E-state index in [1.165, 1.54) is 24.1 Å². The van der Waals surface area contributed by atoms with E-state index in [-0.39, 0.29) is 0 Å². The van der Waals surface area contributed by atoms with Crippen LogP contribution >= 0.6 is 0 Å². The number of hydrogen-bond acceptors (Lipinski definition) is 4. The zero-order valence-electron chi connectivity index (χ0n) is 12.8. The molecule has 1 unspecified atom stereocenters. The average Bonchev–Trinajstić information content (AvgIpc) is 2.53. The first kappa shape index (κ1) is 14.1. The summed E-state index contributed by atoms with van der Waals surface area (Å²) in [6.45, 7) is 5.28. The van der Waals surface area contributed by atoms with Crippen molar-refractivity contribution in [1.82, 2.24) is 20.3 Å². The Hall–Kier alpha value is -1.81. The summed E-state index contributed by atoms with van der Waals surface area (Å²) in [6, 6.07) is 4.46. The first-order valence-electron chi connectivity index (χ1n) is 7.80. The third-order valence-electron chi connectivity index (χ3n) is 3.96. The molecule has 1 N–H and O–H groups in total. The number of pyridine rings is 1. The molecule has 1 aliphatic rings. The SMILES string of the molecule is CCCNC1CCCc2nc(-c3ccc(C)cn3)ncc21. The van der Waals surface area contributed by atoms with Gasteiger partial charge in [0.2, 0.25) is 0 Å². The number of hydrogen-bond donors (Lipinski definition) is 1. The molecule has 0 fully saturated rings. The molecule has 2 aromatic rings. The minimum atomic E-state index is 0.411. The Balaban J connectivity index is 1.88. The van der Waals surface area contributed by atoms with Gasteiger partial charge in [-0.15, -0.1) is 0 Å². The lowest BCUT2D eigenvalue weighted by atomic mass is 9.92. The second-order valence-electron chi connectivity index (χ2n) is 5.72. The quantitative estimate of drug-likeness (QED) is 0.935. The van der Waals surface area contributed by atoms with Gasteiger partial charge in [0.05, 0.1) is 0 Å². The van der Waals surface area contributed by atoms with E-state index in [1.54, 1.807) is 0 Å². The van der Waals surface area contributed by atoms with Crippen molar-refractivity contribution in [2.24, 2.45) is 0 Å². The van der Waals surface area contributed by atoms with Gasteiger partial charge in [0.25, 0.3) is 0 Å². The van der Waals surface area contributed by atoms with Gasteiger partial charge >= 0.3 is 0 Å². The van der Waals surface area contributed by atoms with Crippen LogP contribution in [-0.2, 0) is 6.42 Å². The lowest BCUT2D eigenvalue weighted by Crippen LogP contribution is -2.26. The molecule has 110 valence electrons. The Labute approximate surface area is 126 Å². The first-order chi connectivity index (χ1) is 10.3. The van der Waals surface area contributed by atoms with Crippen LogP contribution in [0.2, 0.25) is 0 Å². The molecule has 0 aromatic carbocycles. The molecule has 0 spiro atoms. The highest BCUT2D eigenvalue weighted by atomic mass is 15.0. The Bertz CT molecular complexity index is 607. The van der Waals surface area contributed by atoms with Gasteiger partial charge in [-0.2, -0.15) is 0 Å². The van der Waals surface area contributed by atoms with Gasteiger partial charge in [-0.25, -0.2) is 9.97 Å². The van der Waals surface area contributed by atoms with Crippen LogP contribution < -0.4 is 5.32 Å². The molecule has 2 aromatic heterocycles. The maximum Gasteiger partial charge on any atom is 0.178 e. The molecule has 0 bridgehead atoms. The predicted molar refractivity (Wildman–Crippen MR) is 84.0 cm³/mol. The summed E-state index contributed by atoms with van der Waals surface area (Å²) in [5.41, 5.74) is 4.46. The summed E-state index contributed by atoms with van der Waals surface area (Å²) in [5, 5.41) is 3.60. The molecule has 4 heteroatoms. The van der Waals surface area contributed by atoms with Crippen molar-refractivity contribution >= 4 is 0 Å². The van der Waals surface area contributed by atoms with E-state index < -0.39 is 0 Å². The van der Waals surface area contributed by atoms with Crippen LogP contribution in [0.5, 0.6) is 0 Å². The monoisotopic (exact) mass is 282 g/mol. The van der Waals surface area contributed by atoms with Crippen LogP contribution in [0.4, 0.5) is 0 Å². The van der Waals surface area contributed by atoms with Gasteiger partial charge in [-0.1, -0.05) is 13.0 Å². The Morgan fingerprint density at radius 1 is 1.24 bits per heavy atom. The van der Waals surface area contributed by atoms with E-state index in [4.69, 9.17) is 4.98 Å². The highest BCUT2D eigenvalue weighted by molar-refractivity contribution is 5.50. The number of nitrogens with zero attached hydrogens (tertiary/aromatic N) is 3. The van der Waals surface area contributed by atoms with Crippen molar-refractivity contribution in [2.45, 2.75) is 45.6 Å². The second-order valence-corrected chi connectivity index (χ2v) is 5.72. The van der Waals surface area contributed by atoms with Gasteiger partial charge in [-0.05, 0) is 50.8 Å². The summed E-state index contributed by atoms with van der Waals surface area (Å²) in [4.78, 5) is 13.7. The summed E-state index contributed by atoms with van der Waals surface area (Å²) < 4.78 is 0. The standard InChI is InChI=1S/C17H22N4/c1-3-9-18-14-5-4-6-15-13(14)11-20-17(21-15)16-8-7-12(2)10-19-16/h7-8,10-11,14,18H,3-6,9H2,1-2H3. The molecular formula is C17H22N4. The number of aromatic nitrogens is 3. The third kappa shape index (κ3) is 3.10. The van der Waals surface area contributed by atoms with Crippen LogP contribution in [0, 0.1) is 6.92 Å². The van der Waals surface area contributed by atoms with E-state index in [0.29, 0.717) is 6.04 Å². The lowest BCUT2D eigenvalue weighted by Gasteiger charge is -2.25. The molecule has 1 atom stereocenters. The minimum absolute atomic E-state index is 0.411. The molecular weight excluding hydrogens is 260 g/mol. The molecule has 1 aliphatic carbocycles. The molecule has 0 saturated heterocycles. The zero-order valence-corrected chi connectivity index (χ0v) is 12.8. The van der Waals surface area contributed by atoms with Crippen molar-refractivity contribution in [3.63, 3.8) is 0 Å². The minimum Gasteiger partial charge on any atom is -0.310 e. The first-order valence-corrected chi connectivity index (χ1v) is 7.80. The number of aryl methyl sites for hydroxylation is 2. The highest BCUT2D eigenvalue weighted by Crippen LogP contribution is 2.29. The fraction of sp³-hybridized carbons (Fsp3) is 0.471. The van der Waals surface area contributed by atoms with Crippen molar-refractivity contribution in [1.29, 1.82) is 0 Å². The highest BCUT2D eigenvalue weighted by Gasteiger charge is 2.21. The number of nitrogens with one attached hydrogen (secondary N) is 1. The van der Waals surface area contributed by atoms with Gasteiger partial charge in [0, 0.05) is 29.7 Å². The van der Waals surface area contributed by atoms with Crippen LogP contribution in [0.25, 0.3) is 11.5 Å². The smallest absolute Gasteiger partial charge is 0.178 e. The van der Waals surface area contributed by atoms with Gasteiger partial charge in [0.15, 0.2) is 5.82 Å². The van der Waals surface area contributed by atoms with Crippen molar-refractivity contribution in [2.75, 3.05) is 6.54 Å². The maximum atomic E-state index is 4.76. The lowest BCUT2D eigenvalue weighted by molar-refractivity contribution is 0.453. The van der Waals surface area contributed by atoms with E-state index in [0.717, 1.165) is 36.5 Å². The summed E-state index contributed by atoms with van der Waals surface area (Å²) in [5.74, 6) is 0.741. The predicted octanol–water partition coefficient (Wildman–Crippen LogP) is 3.22. The molecule has 0 aliphatic heterocycles. The fourth-order valence-corrected chi connectivity index (χ4v) is 2.80. The summed E-state index contributed by atoms with van der Waals surface area (Å²) in [6.07, 6.45) is 8.42. The molecule has 0 amide bonds. The van der Waals surface area contributed by atoms with Crippen molar-refractivity contribution in [3.8, 4) is 11.5 Å². The van der Waals surface area contributed by atoms with Gasteiger partial charge in [0.1, 0.15) is 5.69 Å². The van der Waals surface area contributed by atoms with Gasteiger partial charge in [-0.3, -0.25) is 4.98 Å². The summed E-state index contributed by atoms with van der Waals surface area (Å²) in [7, 11) is 0. The Morgan fingerprint density at radius 3 is 2.90 bits per heavy atom. The molecule has 3 rings (SSSR count). The van der Waals surface area contributed by atoms with Crippen LogP contribution in [0.1, 0.15) is 49.0 Å². The molecule has 4 nitrogen and oxygen atoms in total. The maximum absolute atomic E-state index is 4.76. The number of fused-ring (bicyclic) bond motifs is 1. The van der Waals surface area contributed by atoms with E-state index >= 15 is 0 Å². The van der Waals surface area contributed by atoms with Crippen molar-refractivity contribution in [3.05, 3.63) is 41.3 Å². The second kappa shape index (κ2) is 6.31. The average molecular weight is 282 g/mol. The number of rotatable bonds is 4. The zero-order chi connectivity index (χ0) is 14.7. The van der Waals surface area contributed by atoms with E-state index in [9.17, 15) is 0 Å². The third-order valence-corrected chi connectivity index (χ3v) is 3.96. The largest absolute Gasteiger partial charge is 0.310 e. The topological polar surface area (TPSA) is 50.7 Å². The molecule has 21 heavy (non-hydrogen) atoms. The van der Waals surface area contributed by atoms with Gasteiger partial charge < -0.3 is 5.32 Å². The Morgan fingerprint density at radius 2 is 2.14 bits per heavy atom. The van der Waals surface area contributed by atoms with Crippen LogP contribution in [0.15, 0.2) is 24.5 Å². The molecule has 2 heterocycles. The Kier molecular flexibility index (Phi) is 4.25.